The third-order valence-corrected chi connectivity index (χ3v) is 1.83. The molecule has 1 rings (SSSR count). The Balaban J connectivity index is 3.20. The first-order chi connectivity index (χ1) is 6.54. The number of ether oxygens (including phenoxy) is 1. The molecule has 0 saturated heterocycles. The summed E-state index contributed by atoms with van der Waals surface area (Å²) in [5.74, 6) is -0.477. The lowest BCUT2D eigenvalue weighted by Gasteiger charge is -2.04. The first kappa shape index (κ1) is 10.3. The van der Waals surface area contributed by atoms with Crippen molar-refractivity contribution in [1.29, 1.82) is 0 Å². The lowest BCUT2D eigenvalue weighted by Crippen LogP contribution is -2.02. The summed E-state index contributed by atoms with van der Waals surface area (Å²) in [7, 11) is 1.32. The van der Waals surface area contributed by atoms with Crippen LogP contribution in [0.4, 0.5) is 0 Å². The lowest BCUT2D eigenvalue weighted by atomic mass is 10.1. The van der Waals surface area contributed by atoms with Crippen LogP contribution in [0.5, 0.6) is 0 Å². The Morgan fingerprint density at radius 1 is 1.36 bits per heavy atom. The number of aryl methyl sites for hydroxylation is 1. The molecule has 74 valence electrons. The fraction of sp³-hybridized carbons (Fsp3) is 0.182. The standard InChI is InChI=1S/C11H12O3/c1-7-4-9(8(2)12)6-10(5-7)11(13)14-3/h4-6,12H,2H2,1,3H3. The Labute approximate surface area is 82.6 Å². The van der Waals surface area contributed by atoms with Gasteiger partial charge in [0.05, 0.1) is 12.7 Å². The van der Waals surface area contributed by atoms with Gasteiger partial charge in [0.15, 0.2) is 0 Å². The molecule has 0 fully saturated rings. The van der Waals surface area contributed by atoms with Crippen LogP contribution in [0.3, 0.4) is 0 Å². The molecule has 0 atom stereocenters. The Bertz CT molecular complexity index is 380. The van der Waals surface area contributed by atoms with Crippen molar-refractivity contribution < 1.29 is 14.6 Å². The SMILES string of the molecule is C=C(O)c1cc(C)cc(C(=O)OC)c1. The summed E-state index contributed by atoms with van der Waals surface area (Å²) in [6, 6.07) is 4.98. The molecule has 0 spiro atoms. The maximum absolute atomic E-state index is 11.2. The third-order valence-electron chi connectivity index (χ3n) is 1.83. The predicted molar refractivity (Wildman–Crippen MR) is 54.2 cm³/mol. The van der Waals surface area contributed by atoms with Crippen LogP contribution in [0.15, 0.2) is 24.8 Å². The number of esters is 1. The summed E-state index contributed by atoms with van der Waals surface area (Å²) >= 11 is 0. The van der Waals surface area contributed by atoms with Gasteiger partial charge >= 0.3 is 5.97 Å². The molecule has 1 aromatic rings. The number of methoxy groups -OCH3 is 1. The zero-order valence-corrected chi connectivity index (χ0v) is 8.20. The van der Waals surface area contributed by atoms with Crippen LogP contribution in [0, 0.1) is 6.92 Å². The van der Waals surface area contributed by atoms with Gasteiger partial charge in [0.1, 0.15) is 5.76 Å². The van der Waals surface area contributed by atoms with Gasteiger partial charge in [-0.25, -0.2) is 4.79 Å². The van der Waals surface area contributed by atoms with E-state index in [0.29, 0.717) is 11.1 Å². The number of rotatable bonds is 2. The van der Waals surface area contributed by atoms with Gasteiger partial charge in [-0.15, -0.1) is 0 Å². The molecule has 0 aliphatic heterocycles. The van der Waals surface area contributed by atoms with E-state index in [1.165, 1.54) is 7.11 Å². The van der Waals surface area contributed by atoms with E-state index in [0.717, 1.165) is 5.56 Å². The van der Waals surface area contributed by atoms with Gasteiger partial charge in [-0.3, -0.25) is 0 Å². The van der Waals surface area contributed by atoms with E-state index in [1.54, 1.807) is 18.2 Å². The average molecular weight is 192 g/mol. The Kier molecular flexibility index (Phi) is 2.92. The molecule has 0 unspecified atom stereocenters. The minimum Gasteiger partial charge on any atom is -0.508 e. The zero-order chi connectivity index (χ0) is 10.7. The van der Waals surface area contributed by atoms with Gasteiger partial charge in [-0.1, -0.05) is 6.58 Å². The van der Waals surface area contributed by atoms with Crippen LogP contribution >= 0.6 is 0 Å². The molecule has 3 heteroatoms. The summed E-state index contributed by atoms with van der Waals surface area (Å²) in [4.78, 5) is 11.2. The predicted octanol–water partition coefficient (Wildman–Crippen LogP) is 2.31. The van der Waals surface area contributed by atoms with E-state index < -0.39 is 5.97 Å². The Hall–Kier alpha value is -1.77. The smallest absolute Gasteiger partial charge is 0.337 e. The molecule has 0 amide bonds. The van der Waals surface area contributed by atoms with Crippen molar-refractivity contribution in [3.63, 3.8) is 0 Å². The normalized spacial score (nSPS) is 9.57. The molecule has 0 heterocycles. The second-order valence-electron chi connectivity index (χ2n) is 3.03. The van der Waals surface area contributed by atoms with E-state index in [9.17, 15) is 9.90 Å². The largest absolute Gasteiger partial charge is 0.508 e. The highest BCUT2D eigenvalue weighted by Gasteiger charge is 2.08. The van der Waals surface area contributed by atoms with Gasteiger partial charge < -0.3 is 9.84 Å². The summed E-state index contributed by atoms with van der Waals surface area (Å²) in [5, 5.41) is 9.18. The monoisotopic (exact) mass is 192 g/mol. The first-order valence-electron chi connectivity index (χ1n) is 4.13. The van der Waals surface area contributed by atoms with Crippen LogP contribution in [0.25, 0.3) is 5.76 Å². The van der Waals surface area contributed by atoms with Crippen LogP contribution in [-0.4, -0.2) is 18.2 Å². The molecule has 0 saturated carbocycles. The summed E-state index contributed by atoms with van der Waals surface area (Å²) in [6.07, 6.45) is 0. The van der Waals surface area contributed by atoms with Crippen LogP contribution in [-0.2, 0) is 4.74 Å². The highest BCUT2D eigenvalue weighted by molar-refractivity contribution is 5.90. The second-order valence-corrected chi connectivity index (χ2v) is 3.03. The molecule has 3 nitrogen and oxygen atoms in total. The van der Waals surface area contributed by atoms with Crippen molar-refractivity contribution >= 4 is 11.7 Å². The van der Waals surface area contributed by atoms with Crippen molar-refractivity contribution in [2.75, 3.05) is 7.11 Å². The van der Waals surface area contributed by atoms with E-state index >= 15 is 0 Å². The van der Waals surface area contributed by atoms with Gasteiger partial charge in [-0.2, -0.15) is 0 Å². The van der Waals surface area contributed by atoms with Crippen LogP contribution in [0.1, 0.15) is 21.5 Å². The summed E-state index contributed by atoms with van der Waals surface area (Å²) < 4.78 is 4.58. The maximum Gasteiger partial charge on any atom is 0.337 e. The number of hydrogen-bond acceptors (Lipinski definition) is 3. The van der Waals surface area contributed by atoms with E-state index in [2.05, 4.69) is 11.3 Å². The highest BCUT2D eigenvalue weighted by Crippen LogP contribution is 2.15. The topological polar surface area (TPSA) is 46.5 Å². The quantitative estimate of drug-likeness (QED) is 0.577. The number of hydrogen-bond donors (Lipinski definition) is 1. The number of aliphatic hydroxyl groups excluding tert-OH is 1. The fourth-order valence-corrected chi connectivity index (χ4v) is 1.19. The van der Waals surface area contributed by atoms with E-state index in [1.807, 2.05) is 6.92 Å². The van der Waals surface area contributed by atoms with Gasteiger partial charge in [0.25, 0.3) is 0 Å². The molecule has 0 aliphatic carbocycles. The maximum atomic E-state index is 11.2. The molecule has 1 N–H and O–H groups in total. The molecule has 0 radical (unpaired) electrons. The van der Waals surface area contributed by atoms with E-state index in [-0.39, 0.29) is 5.76 Å². The fourth-order valence-electron chi connectivity index (χ4n) is 1.19. The number of carbonyl (C=O) groups excluding carboxylic acids is 1. The van der Waals surface area contributed by atoms with Crippen molar-refractivity contribution in [1.82, 2.24) is 0 Å². The molecule has 14 heavy (non-hydrogen) atoms. The van der Waals surface area contributed by atoms with Crippen LogP contribution in [0.2, 0.25) is 0 Å². The van der Waals surface area contributed by atoms with Gasteiger partial charge in [-0.05, 0) is 30.7 Å². The Morgan fingerprint density at radius 2 is 1.93 bits per heavy atom. The Morgan fingerprint density at radius 3 is 2.43 bits per heavy atom. The average Bonchev–Trinajstić information content (AvgIpc) is 2.15. The summed E-state index contributed by atoms with van der Waals surface area (Å²) in [6.45, 7) is 5.23. The minimum absolute atomic E-state index is 0.0566. The van der Waals surface area contributed by atoms with Crippen molar-refractivity contribution in [2.45, 2.75) is 6.92 Å². The second kappa shape index (κ2) is 3.96. The molecule has 1 aromatic carbocycles. The molecular formula is C11H12O3. The summed E-state index contributed by atoms with van der Waals surface area (Å²) in [5.41, 5.74) is 1.82. The lowest BCUT2D eigenvalue weighted by molar-refractivity contribution is 0.0600. The van der Waals surface area contributed by atoms with Crippen LogP contribution < -0.4 is 0 Å². The molecule has 0 aromatic heterocycles. The van der Waals surface area contributed by atoms with Gasteiger partial charge in [0.2, 0.25) is 0 Å². The number of carbonyl (C=O) groups is 1. The zero-order valence-electron chi connectivity index (χ0n) is 8.20. The van der Waals surface area contributed by atoms with Gasteiger partial charge in [0, 0.05) is 5.56 Å². The van der Waals surface area contributed by atoms with Crippen molar-refractivity contribution in [3.05, 3.63) is 41.5 Å². The minimum atomic E-state index is -0.420. The number of aliphatic hydroxyl groups is 1. The molecule has 0 bridgehead atoms. The highest BCUT2D eigenvalue weighted by atomic mass is 16.5. The number of benzene rings is 1. The third kappa shape index (κ3) is 2.13. The van der Waals surface area contributed by atoms with E-state index in [4.69, 9.17) is 0 Å². The molecule has 0 aliphatic rings. The first-order valence-corrected chi connectivity index (χ1v) is 4.13. The van der Waals surface area contributed by atoms with Crippen molar-refractivity contribution in [3.8, 4) is 0 Å². The van der Waals surface area contributed by atoms with Crippen molar-refractivity contribution in [2.24, 2.45) is 0 Å². The molecular weight excluding hydrogens is 180 g/mol.